The number of carbonyl (C=O) groups excluding carboxylic acids is 1. The summed E-state index contributed by atoms with van der Waals surface area (Å²) in [5.41, 5.74) is 0.00486. The van der Waals surface area contributed by atoms with Gasteiger partial charge in [0.25, 0.3) is 0 Å². The van der Waals surface area contributed by atoms with Crippen LogP contribution in [0.5, 0.6) is 0 Å². The number of anilines is 1. The quantitative estimate of drug-likeness (QED) is 0.447. The lowest BCUT2D eigenvalue weighted by Crippen LogP contribution is -2.54. The van der Waals surface area contributed by atoms with Gasteiger partial charge in [0.15, 0.2) is 5.96 Å². The first-order valence-electron chi connectivity index (χ1n) is 10.9. The third-order valence-corrected chi connectivity index (χ3v) is 4.47. The number of amides is 1. The van der Waals surface area contributed by atoms with Crippen molar-refractivity contribution in [2.45, 2.75) is 59.2 Å². The molecule has 0 aliphatic carbocycles. The van der Waals surface area contributed by atoms with Crippen LogP contribution in [0, 0.1) is 0 Å². The summed E-state index contributed by atoms with van der Waals surface area (Å²) < 4.78 is 10.8. The lowest BCUT2D eigenvalue weighted by atomic mass is 10.1. The Morgan fingerprint density at radius 2 is 1.94 bits per heavy atom. The van der Waals surface area contributed by atoms with Crippen molar-refractivity contribution in [3.63, 3.8) is 0 Å². The molecule has 0 radical (unpaired) electrons. The molecule has 1 aromatic rings. The maximum absolute atomic E-state index is 12.1. The van der Waals surface area contributed by atoms with Gasteiger partial charge in [-0.3, -0.25) is 0 Å². The lowest BCUT2D eigenvalue weighted by Gasteiger charge is -2.30. The minimum absolute atomic E-state index is 0.438. The van der Waals surface area contributed by atoms with Gasteiger partial charge in [0, 0.05) is 37.9 Å². The van der Waals surface area contributed by atoms with Crippen molar-refractivity contribution in [2.75, 3.05) is 44.3 Å². The Kier molecular flexibility index (Phi) is 8.91. The number of hydrogen-bond acceptors (Lipinski definition) is 6. The topological polar surface area (TPSA) is 100 Å². The van der Waals surface area contributed by atoms with E-state index in [0.717, 1.165) is 31.0 Å². The van der Waals surface area contributed by atoms with E-state index in [2.05, 4.69) is 31.9 Å². The first-order valence-corrected chi connectivity index (χ1v) is 10.9. The Morgan fingerprint density at radius 1 is 1.23 bits per heavy atom. The maximum atomic E-state index is 12.1. The Labute approximate surface area is 186 Å². The molecule has 31 heavy (non-hydrogen) atoms. The van der Waals surface area contributed by atoms with Crippen LogP contribution in [-0.4, -0.2) is 67.6 Å². The normalized spacial score (nSPS) is 15.4. The van der Waals surface area contributed by atoms with E-state index in [9.17, 15) is 4.79 Å². The highest BCUT2D eigenvalue weighted by molar-refractivity contribution is 5.80. The van der Waals surface area contributed by atoms with Crippen LogP contribution < -0.4 is 20.9 Å². The predicted octanol–water partition coefficient (Wildman–Crippen LogP) is 2.28. The van der Waals surface area contributed by atoms with Gasteiger partial charge in [-0.05, 0) is 47.6 Å². The van der Waals surface area contributed by atoms with E-state index >= 15 is 0 Å². The van der Waals surface area contributed by atoms with Gasteiger partial charge in [-0.15, -0.1) is 0 Å². The van der Waals surface area contributed by atoms with E-state index in [1.165, 1.54) is 0 Å². The smallest absolute Gasteiger partial charge is 0.408 e. The monoisotopic (exact) mass is 434 g/mol. The SMILES string of the molecule is CCNC(=NCc1cccnc1N1CCOCC1)NCC(C)(C)NC(=O)OC(C)(C)C. The molecule has 1 saturated heterocycles. The molecule has 0 atom stereocenters. The number of aromatic nitrogens is 1. The van der Waals surface area contributed by atoms with Gasteiger partial charge in [0.1, 0.15) is 11.4 Å². The third kappa shape index (κ3) is 9.00. The fourth-order valence-electron chi connectivity index (χ4n) is 3.05. The number of guanidine groups is 1. The van der Waals surface area contributed by atoms with Crippen LogP contribution in [0.2, 0.25) is 0 Å². The lowest BCUT2D eigenvalue weighted by molar-refractivity contribution is 0.0474. The molecule has 9 nitrogen and oxygen atoms in total. The van der Waals surface area contributed by atoms with Crippen LogP contribution in [0.25, 0.3) is 0 Å². The summed E-state index contributed by atoms with van der Waals surface area (Å²) >= 11 is 0. The fourth-order valence-corrected chi connectivity index (χ4v) is 3.05. The molecule has 9 heteroatoms. The van der Waals surface area contributed by atoms with Crippen molar-refractivity contribution in [1.29, 1.82) is 0 Å². The molecule has 0 spiro atoms. The molecule has 0 saturated carbocycles. The molecule has 174 valence electrons. The van der Waals surface area contributed by atoms with E-state index in [1.807, 2.05) is 53.8 Å². The van der Waals surface area contributed by atoms with E-state index in [0.29, 0.717) is 32.3 Å². The molecule has 2 rings (SSSR count). The predicted molar refractivity (Wildman–Crippen MR) is 124 cm³/mol. The van der Waals surface area contributed by atoms with E-state index in [-0.39, 0.29) is 0 Å². The minimum Gasteiger partial charge on any atom is -0.444 e. The number of alkyl carbamates (subject to hydrolysis) is 1. The molecule has 1 aliphatic rings. The van der Waals surface area contributed by atoms with Crippen molar-refractivity contribution >= 4 is 17.9 Å². The van der Waals surface area contributed by atoms with Gasteiger partial charge in [-0.2, -0.15) is 0 Å². The molecular formula is C22H38N6O3. The van der Waals surface area contributed by atoms with Crippen molar-refractivity contribution in [3.05, 3.63) is 23.9 Å². The van der Waals surface area contributed by atoms with Crippen LogP contribution in [-0.2, 0) is 16.0 Å². The molecule has 0 aromatic carbocycles. The van der Waals surface area contributed by atoms with Crippen molar-refractivity contribution in [3.8, 4) is 0 Å². The minimum atomic E-state index is -0.536. The first kappa shape index (κ1) is 24.7. The number of morpholine rings is 1. The fraction of sp³-hybridized carbons (Fsp3) is 0.682. The van der Waals surface area contributed by atoms with Crippen molar-refractivity contribution in [1.82, 2.24) is 20.9 Å². The van der Waals surface area contributed by atoms with Crippen LogP contribution >= 0.6 is 0 Å². The van der Waals surface area contributed by atoms with E-state index in [1.54, 1.807) is 0 Å². The average Bonchev–Trinajstić information content (AvgIpc) is 2.69. The Balaban J connectivity index is 2.00. The largest absolute Gasteiger partial charge is 0.444 e. The maximum Gasteiger partial charge on any atom is 0.408 e. The molecule has 2 heterocycles. The summed E-state index contributed by atoms with van der Waals surface area (Å²) in [5, 5.41) is 9.47. The molecular weight excluding hydrogens is 396 g/mol. The Hall–Kier alpha value is -2.55. The molecule has 1 aliphatic heterocycles. The number of nitrogens with one attached hydrogen (secondary N) is 3. The van der Waals surface area contributed by atoms with Crippen LogP contribution in [0.4, 0.5) is 10.6 Å². The Bertz CT molecular complexity index is 739. The number of rotatable bonds is 7. The zero-order chi connectivity index (χ0) is 22.9. The van der Waals surface area contributed by atoms with Gasteiger partial charge in [-0.25, -0.2) is 14.8 Å². The summed E-state index contributed by atoms with van der Waals surface area (Å²) in [6.45, 7) is 16.2. The zero-order valence-corrected chi connectivity index (χ0v) is 19.7. The van der Waals surface area contributed by atoms with E-state index in [4.69, 9.17) is 14.5 Å². The zero-order valence-electron chi connectivity index (χ0n) is 19.7. The third-order valence-electron chi connectivity index (χ3n) is 4.47. The van der Waals surface area contributed by atoms with Crippen molar-refractivity contribution < 1.29 is 14.3 Å². The summed E-state index contributed by atoms with van der Waals surface area (Å²) in [4.78, 5) is 23.7. The average molecular weight is 435 g/mol. The highest BCUT2D eigenvalue weighted by Gasteiger charge is 2.25. The summed E-state index contributed by atoms with van der Waals surface area (Å²) in [5.74, 6) is 1.63. The van der Waals surface area contributed by atoms with Crippen LogP contribution in [0.1, 0.15) is 47.1 Å². The van der Waals surface area contributed by atoms with Gasteiger partial charge in [0.2, 0.25) is 0 Å². The number of hydrogen-bond donors (Lipinski definition) is 3. The molecule has 1 aromatic heterocycles. The van der Waals surface area contributed by atoms with Gasteiger partial charge in [-0.1, -0.05) is 6.07 Å². The summed E-state index contributed by atoms with van der Waals surface area (Å²) in [7, 11) is 0. The number of carbonyl (C=O) groups is 1. The molecule has 0 bridgehead atoms. The Morgan fingerprint density at radius 3 is 2.58 bits per heavy atom. The summed E-state index contributed by atoms with van der Waals surface area (Å²) in [6, 6.07) is 3.99. The number of nitrogens with zero attached hydrogens (tertiary/aromatic N) is 3. The number of aliphatic imine (C=N–C) groups is 1. The highest BCUT2D eigenvalue weighted by Crippen LogP contribution is 2.19. The van der Waals surface area contributed by atoms with E-state index < -0.39 is 17.2 Å². The second-order valence-corrected chi connectivity index (χ2v) is 9.15. The molecule has 0 unspecified atom stereocenters. The second kappa shape index (κ2) is 11.2. The standard InChI is InChI=1S/C22H38N6O3/c1-7-23-19(26-16-22(5,6)27-20(29)31-21(2,3)4)25-15-17-9-8-10-24-18(17)28-11-13-30-14-12-28/h8-10H,7,11-16H2,1-6H3,(H,27,29)(H2,23,25,26). The molecule has 1 fully saturated rings. The first-order chi connectivity index (χ1) is 14.6. The van der Waals surface area contributed by atoms with Gasteiger partial charge < -0.3 is 30.3 Å². The van der Waals surface area contributed by atoms with Crippen LogP contribution in [0.3, 0.4) is 0 Å². The van der Waals surface area contributed by atoms with Gasteiger partial charge >= 0.3 is 6.09 Å². The van der Waals surface area contributed by atoms with Crippen molar-refractivity contribution in [2.24, 2.45) is 4.99 Å². The second-order valence-electron chi connectivity index (χ2n) is 9.15. The molecule has 1 amide bonds. The number of ether oxygens (including phenoxy) is 2. The van der Waals surface area contributed by atoms with Crippen LogP contribution in [0.15, 0.2) is 23.3 Å². The number of pyridine rings is 1. The van der Waals surface area contributed by atoms with Gasteiger partial charge in [0.05, 0.1) is 25.3 Å². The molecule has 3 N–H and O–H groups in total. The highest BCUT2D eigenvalue weighted by atomic mass is 16.6. The summed E-state index contributed by atoms with van der Waals surface area (Å²) in [6.07, 6.45) is 1.37.